The second kappa shape index (κ2) is 8.81. The van der Waals surface area contributed by atoms with Crippen molar-refractivity contribution < 1.29 is 9.59 Å². The van der Waals surface area contributed by atoms with Gasteiger partial charge in [-0.05, 0) is 18.2 Å². The lowest BCUT2D eigenvalue weighted by Gasteiger charge is -2.34. The van der Waals surface area contributed by atoms with Crippen LogP contribution >= 0.6 is 23.2 Å². The van der Waals surface area contributed by atoms with E-state index in [4.69, 9.17) is 23.2 Å². The molecule has 2 heterocycles. The maximum absolute atomic E-state index is 12.8. The fourth-order valence-corrected chi connectivity index (χ4v) is 3.79. The first-order valence-electron chi connectivity index (χ1n) is 9.44. The van der Waals surface area contributed by atoms with Gasteiger partial charge >= 0.3 is 0 Å². The fourth-order valence-electron chi connectivity index (χ4n) is 3.30. The number of halogens is 2. The largest absolute Gasteiger partial charge is 0.335 e. The van der Waals surface area contributed by atoms with Crippen molar-refractivity contribution in [1.82, 2.24) is 19.8 Å². The highest BCUT2D eigenvalue weighted by Gasteiger charge is 2.26. The number of carbonyl (C=O) groups is 2. The van der Waals surface area contributed by atoms with Gasteiger partial charge in [0.1, 0.15) is 0 Å². The number of nitrogens with zero attached hydrogens (tertiary/aromatic N) is 4. The van der Waals surface area contributed by atoms with Crippen LogP contribution in [-0.4, -0.2) is 57.8 Å². The molecule has 1 aliphatic rings. The third-order valence-corrected chi connectivity index (χ3v) is 5.49. The second-order valence-electron chi connectivity index (χ2n) is 6.87. The summed E-state index contributed by atoms with van der Waals surface area (Å²) in [4.78, 5) is 37.5. The number of piperazine rings is 1. The quantitative estimate of drug-likeness (QED) is 0.615. The van der Waals surface area contributed by atoms with E-state index in [-0.39, 0.29) is 11.8 Å². The van der Waals surface area contributed by atoms with Crippen molar-refractivity contribution in [3.63, 3.8) is 0 Å². The zero-order chi connectivity index (χ0) is 21.1. The van der Waals surface area contributed by atoms with E-state index in [1.54, 1.807) is 40.4 Å². The molecule has 0 aliphatic carbocycles. The molecule has 1 aliphatic heterocycles. The highest BCUT2D eigenvalue weighted by atomic mass is 35.5. The molecule has 2 aromatic carbocycles. The van der Waals surface area contributed by atoms with Crippen LogP contribution in [0.1, 0.15) is 20.7 Å². The maximum Gasteiger partial charge on any atom is 0.257 e. The molecule has 0 bridgehead atoms. The highest BCUT2D eigenvalue weighted by molar-refractivity contribution is 6.36. The zero-order valence-electron chi connectivity index (χ0n) is 16.0. The van der Waals surface area contributed by atoms with Crippen molar-refractivity contribution in [3.05, 3.63) is 82.1 Å². The van der Waals surface area contributed by atoms with Gasteiger partial charge in [-0.1, -0.05) is 53.5 Å². The van der Waals surface area contributed by atoms with Gasteiger partial charge < -0.3 is 9.80 Å². The van der Waals surface area contributed by atoms with Crippen LogP contribution in [0, 0.1) is 0 Å². The van der Waals surface area contributed by atoms with Gasteiger partial charge in [-0.15, -0.1) is 0 Å². The van der Waals surface area contributed by atoms with Crippen LogP contribution in [0.3, 0.4) is 0 Å². The molecule has 1 saturated heterocycles. The van der Waals surface area contributed by atoms with E-state index in [0.717, 1.165) is 5.56 Å². The maximum atomic E-state index is 12.8. The molecule has 1 aromatic heterocycles. The molecular formula is C22H18Cl2N4O2. The van der Waals surface area contributed by atoms with Gasteiger partial charge in [0.05, 0.1) is 16.1 Å². The lowest BCUT2D eigenvalue weighted by Crippen LogP contribution is -2.50. The van der Waals surface area contributed by atoms with Crippen LogP contribution in [0.5, 0.6) is 0 Å². The molecule has 2 amide bonds. The number of hydrogen-bond acceptors (Lipinski definition) is 4. The van der Waals surface area contributed by atoms with Crippen LogP contribution in [-0.2, 0) is 0 Å². The Morgan fingerprint density at radius 1 is 0.800 bits per heavy atom. The van der Waals surface area contributed by atoms with Gasteiger partial charge in [0.2, 0.25) is 0 Å². The van der Waals surface area contributed by atoms with Crippen LogP contribution in [0.4, 0.5) is 0 Å². The van der Waals surface area contributed by atoms with Gasteiger partial charge in [-0.2, -0.15) is 0 Å². The third-order valence-electron chi connectivity index (χ3n) is 4.95. The van der Waals surface area contributed by atoms with Gasteiger partial charge in [0.25, 0.3) is 11.8 Å². The minimum absolute atomic E-state index is 0.147. The summed E-state index contributed by atoms with van der Waals surface area (Å²) in [5.74, 6) is 0.257. The number of amides is 2. The van der Waals surface area contributed by atoms with Crippen LogP contribution in [0.15, 0.2) is 60.9 Å². The lowest BCUT2D eigenvalue weighted by atomic mass is 10.1. The first-order valence-corrected chi connectivity index (χ1v) is 10.2. The summed E-state index contributed by atoms with van der Waals surface area (Å²) < 4.78 is 0. The first kappa shape index (κ1) is 20.3. The number of carbonyl (C=O) groups excluding carboxylic acids is 2. The zero-order valence-corrected chi connectivity index (χ0v) is 17.5. The van der Waals surface area contributed by atoms with Gasteiger partial charge in [0.15, 0.2) is 5.82 Å². The van der Waals surface area contributed by atoms with Crippen molar-refractivity contribution in [2.24, 2.45) is 0 Å². The van der Waals surface area contributed by atoms with E-state index in [9.17, 15) is 9.59 Å². The van der Waals surface area contributed by atoms with Crippen LogP contribution in [0.2, 0.25) is 10.0 Å². The van der Waals surface area contributed by atoms with Gasteiger partial charge in [-0.25, -0.2) is 9.97 Å². The molecular weight excluding hydrogens is 423 g/mol. The summed E-state index contributed by atoms with van der Waals surface area (Å²) in [7, 11) is 0. The molecule has 6 nitrogen and oxygen atoms in total. The average molecular weight is 441 g/mol. The normalized spacial score (nSPS) is 13.9. The molecule has 0 atom stereocenters. The lowest BCUT2D eigenvalue weighted by molar-refractivity contribution is 0.0535. The summed E-state index contributed by atoms with van der Waals surface area (Å²) in [6.07, 6.45) is 3.09. The minimum atomic E-state index is -0.167. The van der Waals surface area contributed by atoms with Gasteiger partial charge in [-0.3, -0.25) is 9.59 Å². The van der Waals surface area contributed by atoms with Crippen molar-refractivity contribution in [3.8, 4) is 11.4 Å². The second-order valence-corrected chi connectivity index (χ2v) is 7.71. The van der Waals surface area contributed by atoms with Crippen molar-refractivity contribution >= 4 is 35.0 Å². The number of aromatic nitrogens is 2. The molecule has 0 radical (unpaired) electrons. The molecule has 152 valence electrons. The summed E-state index contributed by atoms with van der Waals surface area (Å²) >= 11 is 12.0. The highest BCUT2D eigenvalue weighted by Crippen LogP contribution is 2.23. The fraction of sp³-hybridized carbons (Fsp3) is 0.182. The van der Waals surface area contributed by atoms with E-state index in [1.165, 1.54) is 0 Å². The molecule has 0 N–H and O–H groups in total. The molecule has 0 saturated carbocycles. The van der Waals surface area contributed by atoms with Crippen molar-refractivity contribution in [1.29, 1.82) is 0 Å². The van der Waals surface area contributed by atoms with Crippen LogP contribution in [0.25, 0.3) is 11.4 Å². The number of rotatable bonds is 3. The Hall–Kier alpha value is -2.96. The Morgan fingerprint density at radius 2 is 1.40 bits per heavy atom. The van der Waals surface area contributed by atoms with Crippen LogP contribution < -0.4 is 0 Å². The topological polar surface area (TPSA) is 66.4 Å². The van der Waals surface area contributed by atoms with E-state index in [2.05, 4.69) is 9.97 Å². The Morgan fingerprint density at radius 3 is 2.00 bits per heavy atom. The molecule has 4 rings (SSSR count). The summed E-state index contributed by atoms with van der Waals surface area (Å²) in [5.41, 5.74) is 1.73. The Labute approximate surface area is 184 Å². The van der Waals surface area contributed by atoms with Crippen molar-refractivity contribution in [2.45, 2.75) is 0 Å². The average Bonchev–Trinajstić information content (AvgIpc) is 2.79. The smallest absolute Gasteiger partial charge is 0.257 e. The van der Waals surface area contributed by atoms with E-state index < -0.39 is 0 Å². The predicted molar refractivity (Wildman–Crippen MR) is 116 cm³/mol. The molecule has 0 spiro atoms. The molecule has 1 fully saturated rings. The monoisotopic (exact) mass is 440 g/mol. The molecule has 8 heteroatoms. The Kier molecular flexibility index (Phi) is 5.97. The van der Waals surface area contributed by atoms with E-state index in [1.807, 2.05) is 30.3 Å². The minimum Gasteiger partial charge on any atom is -0.335 e. The molecule has 0 unspecified atom stereocenters. The van der Waals surface area contributed by atoms with E-state index in [0.29, 0.717) is 53.2 Å². The summed E-state index contributed by atoms with van der Waals surface area (Å²) in [6.45, 7) is 1.70. The predicted octanol–water partition coefficient (Wildman–Crippen LogP) is 4.05. The summed E-state index contributed by atoms with van der Waals surface area (Å²) in [6, 6.07) is 14.4. The standard InChI is InChI=1S/C22H18Cl2N4O2/c23-17-6-7-18(19(24)12-17)22(30)28-10-8-27(9-11-28)21(29)16-13-25-20(26-14-16)15-4-2-1-3-5-15/h1-7,12-14H,8-11H2. The third kappa shape index (κ3) is 4.30. The first-order chi connectivity index (χ1) is 14.5. The number of hydrogen-bond donors (Lipinski definition) is 0. The van der Waals surface area contributed by atoms with Crippen molar-refractivity contribution in [2.75, 3.05) is 26.2 Å². The van der Waals surface area contributed by atoms with E-state index >= 15 is 0 Å². The molecule has 3 aromatic rings. The molecule has 30 heavy (non-hydrogen) atoms. The Bertz CT molecular complexity index is 1070. The number of benzene rings is 2. The summed E-state index contributed by atoms with van der Waals surface area (Å²) in [5, 5.41) is 0.800. The van der Waals surface area contributed by atoms with Gasteiger partial charge in [0, 0.05) is 49.2 Å². The Balaban J connectivity index is 1.39. The SMILES string of the molecule is O=C(c1cnc(-c2ccccc2)nc1)N1CCN(C(=O)c2ccc(Cl)cc2Cl)CC1.